The van der Waals surface area contributed by atoms with Crippen LogP contribution in [0.5, 0.6) is 0 Å². The van der Waals surface area contributed by atoms with Crippen LogP contribution in [0.2, 0.25) is 0 Å². The van der Waals surface area contributed by atoms with Gasteiger partial charge in [-0.1, -0.05) is 12.2 Å². The monoisotopic (exact) mass is 295 g/mol. The highest BCUT2D eigenvalue weighted by atomic mass is 32.2. The Morgan fingerprint density at radius 3 is 2.70 bits per heavy atom. The summed E-state index contributed by atoms with van der Waals surface area (Å²) in [4.78, 5) is 0.164. The minimum absolute atomic E-state index is 0.164. The maximum absolute atomic E-state index is 13.0. The lowest BCUT2D eigenvalue weighted by Gasteiger charge is -2.19. The van der Waals surface area contributed by atoms with Gasteiger partial charge in [-0.05, 0) is 61.3 Å². The van der Waals surface area contributed by atoms with Gasteiger partial charge in [0.15, 0.2) is 0 Å². The zero-order valence-electron chi connectivity index (χ0n) is 11.3. The molecule has 0 aliphatic heterocycles. The fourth-order valence-electron chi connectivity index (χ4n) is 3.34. The van der Waals surface area contributed by atoms with Crippen LogP contribution in [0.25, 0.3) is 0 Å². The topological polar surface area (TPSA) is 46.2 Å². The molecule has 0 unspecified atom stereocenters. The number of allylic oxidation sites excluding steroid dienone is 2. The zero-order chi connectivity index (χ0) is 14.3. The van der Waals surface area contributed by atoms with Gasteiger partial charge in [-0.3, -0.25) is 0 Å². The summed E-state index contributed by atoms with van der Waals surface area (Å²) in [5.74, 6) is 1.11. The van der Waals surface area contributed by atoms with Crippen molar-refractivity contribution in [1.82, 2.24) is 4.72 Å². The molecule has 0 heterocycles. The number of hydrogen-bond acceptors (Lipinski definition) is 2. The van der Waals surface area contributed by atoms with Crippen molar-refractivity contribution in [2.75, 3.05) is 6.54 Å². The van der Waals surface area contributed by atoms with Crippen LogP contribution in [0.15, 0.2) is 35.2 Å². The highest BCUT2D eigenvalue weighted by Gasteiger charge is 2.36. The van der Waals surface area contributed by atoms with Gasteiger partial charge in [0.25, 0.3) is 0 Å². The first-order valence-electron chi connectivity index (χ1n) is 6.90. The molecule has 3 rings (SSSR count). The van der Waals surface area contributed by atoms with E-state index in [2.05, 4.69) is 16.9 Å². The fraction of sp³-hybridized carbons (Fsp3) is 0.467. The lowest BCUT2D eigenvalue weighted by molar-refractivity contribution is 0.440. The maximum Gasteiger partial charge on any atom is 0.240 e. The van der Waals surface area contributed by atoms with Crippen molar-refractivity contribution in [2.45, 2.75) is 24.7 Å². The smallest absolute Gasteiger partial charge is 0.211 e. The van der Waals surface area contributed by atoms with Gasteiger partial charge in [-0.2, -0.15) is 0 Å². The van der Waals surface area contributed by atoms with Gasteiger partial charge in [-0.15, -0.1) is 0 Å². The lowest BCUT2D eigenvalue weighted by Crippen LogP contribution is -2.31. The van der Waals surface area contributed by atoms with Crippen LogP contribution >= 0.6 is 0 Å². The quantitative estimate of drug-likeness (QED) is 0.868. The van der Waals surface area contributed by atoms with Crippen LogP contribution in [0, 0.1) is 30.5 Å². The number of aryl methyl sites for hydroxylation is 1. The lowest BCUT2D eigenvalue weighted by atomic mass is 9.94. The van der Waals surface area contributed by atoms with E-state index in [0.717, 1.165) is 12.8 Å². The van der Waals surface area contributed by atoms with Crippen LogP contribution in [-0.4, -0.2) is 15.0 Å². The molecule has 1 aromatic rings. The van der Waals surface area contributed by atoms with E-state index in [1.165, 1.54) is 18.2 Å². The summed E-state index contributed by atoms with van der Waals surface area (Å²) in [6.07, 6.45) is 6.66. The van der Waals surface area contributed by atoms with Crippen LogP contribution in [-0.2, 0) is 10.0 Å². The Balaban J connectivity index is 1.71. The highest BCUT2D eigenvalue weighted by molar-refractivity contribution is 7.89. The normalized spacial score (nSPS) is 28.2. The third kappa shape index (κ3) is 2.52. The van der Waals surface area contributed by atoms with Gasteiger partial charge in [0.05, 0.1) is 4.90 Å². The van der Waals surface area contributed by atoms with E-state index in [1.54, 1.807) is 6.92 Å². The number of sulfonamides is 1. The number of benzene rings is 1. The predicted molar refractivity (Wildman–Crippen MR) is 75.2 cm³/mol. The summed E-state index contributed by atoms with van der Waals surface area (Å²) in [5, 5.41) is 0. The summed E-state index contributed by atoms with van der Waals surface area (Å²) in [5.41, 5.74) is 0.435. The molecule has 1 N–H and O–H groups in total. The van der Waals surface area contributed by atoms with Crippen molar-refractivity contribution >= 4 is 10.0 Å². The predicted octanol–water partition coefficient (Wildman–Crippen LogP) is 2.62. The van der Waals surface area contributed by atoms with E-state index >= 15 is 0 Å². The Hall–Kier alpha value is -1.20. The summed E-state index contributed by atoms with van der Waals surface area (Å²) in [6, 6.07) is 3.75. The van der Waals surface area contributed by atoms with Crippen LogP contribution < -0.4 is 4.72 Å². The Labute approximate surface area is 118 Å². The van der Waals surface area contributed by atoms with Gasteiger partial charge in [0.1, 0.15) is 5.82 Å². The van der Waals surface area contributed by atoms with Gasteiger partial charge < -0.3 is 0 Å². The molecule has 1 saturated carbocycles. The average molecular weight is 295 g/mol. The number of nitrogens with one attached hydrogen (secondary N) is 1. The minimum atomic E-state index is -3.55. The number of hydrogen-bond donors (Lipinski definition) is 1. The third-order valence-corrected chi connectivity index (χ3v) is 5.96. The first kappa shape index (κ1) is 13.8. The molecule has 3 atom stereocenters. The number of rotatable bonds is 4. The molecule has 5 heteroatoms. The maximum atomic E-state index is 13.0. The van der Waals surface area contributed by atoms with Gasteiger partial charge in [0.2, 0.25) is 10.0 Å². The molecule has 0 spiro atoms. The Kier molecular flexibility index (Phi) is 3.42. The standard InChI is InChI=1S/C15H18FNO2S/c1-10-6-14(16)4-5-15(10)20(18,19)17-9-13-8-11-2-3-12(13)7-11/h2-6,11-13,17H,7-9H2,1H3/t11-,12+,13+/m1/s1. The number of fused-ring (bicyclic) bond motifs is 2. The van der Waals surface area contributed by atoms with Gasteiger partial charge >= 0.3 is 0 Å². The molecule has 2 bridgehead atoms. The molecule has 0 amide bonds. The van der Waals surface area contributed by atoms with Crippen molar-refractivity contribution in [2.24, 2.45) is 17.8 Å². The van der Waals surface area contributed by atoms with E-state index in [0.29, 0.717) is 29.9 Å². The molecular weight excluding hydrogens is 277 g/mol. The Morgan fingerprint density at radius 1 is 1.30 bits per heavy atom. The van der Waals surface area contributed by atoms with Crippen molar-refractivity contribution < 1.29 is 12.8 Å². The van der Waals surface area contributed by atoms with Crippen molar-refractivity contribution in [3.05, 3.63) is 41.7 Å². The van der Waals surface area contributed by atoms with E-state index in [1.807, 2.05) is 0 Å². The molecule has 2 aliphatic carbocycles. The van der Waals surface area contributed by atoms with Crippen LogP contribution in [0.3, 0.4) is 0 Å². The molecule has 0 radical (unpaired) electrons. The van der Waals surface area contributed by atoms with Crippen LogP contribution in [0.1, 0.15) is 18.4 Å². The van der Waals surface area contributed by atoms with Crippen molar-refractivity contribution in [3.8, 4) is 0 Å². The molecule has 2 aliphatic rings. The average Bonchev–Trinajstić information content (AvgIpc) is 2.98. The molecule has 0 aromatic heterocycles. The van der Waals surface area contributed by atoms with Crippen molar-refractivity contribution in [3.63, 3.8) is 0 Å². The summed E-state index contributed by atoms with van der Waals surface area (Å²) < 4.78 is 40.3. The number of halogens is 1. The first-order valence-corrected chi connectivity index (χ1v) is 8.38. The Bertz CT molecular complexity index is 654. The van der Waals surface area contributed by atoms with Gasteiger partial charge in [0, 0.05) is 6.54 Å². The van der Waals surface area contributed by atoms with Gasteiger partial charge in [-0.25, -0.2) is 17.5 Å². The Morgan fingerprint density at radius 2 is 2.10 bits per heavy atom. The molecular formula is C15H18FNO2S. The van der Waals surface area contributed by atoms with Crippen LogP contribution in [0.4, 0.5) is 4.39 Å². The van der Waals surface area contributed by atoms with E-state index in [-0.39, 0.29) is 4.90 Å². The third-order valence-electron chi connectivity index (χ3n) is 4.38. The van der Waals surface area contributed by atoms with E-state index in [4.69, 9.17) is 0 Å². The molecule has 1 aromatic carbocycles. The molecule has 20 heavy (non-hydrogen) atoms. The van der Waals surface area contributed by atoms with E-state index in [9.17, 15) is 12.8 Å². The summed E-state index contributed by atoms with van der Waals surface area (Å²) in [6.45, 7) is 2.07. The molecule has 108 valence electrons. The second kappa shape index (κ2) is 4.97. The minimum Gasteiger partial charge on any atom is -0.211 e. The molecule has 1 fully saturated rings. The van der Waals surface area contributed by atoms with E-state index < -0.39 is 15.8 Å². The fourth-order valence-corrected chi connectivity index (χ4v) is 4.66. The molecule has 3 nitrogen and oxygen atoms in total. The summed E-state index contributed by atoms with van der Waals surface area (Å²) in [7, 11) is -3.55. The second-order valence-electron chi connectivity index (χ2n) is 5.80. The first-order chi connectivity index (χ1) is 9.45. The largest absolute Gasteiger partial charge is 0.240 e. The highest BCUT2D eigenvalue weighted by Crippen LogP contribution is 2.43. The SMILES string of the molecule is Cc1cc(F)ccc1S(=O)(=O)NC[C@@H]1C[C@@H]2C=C[C@H]1C2. The molecule has 0 saturated heterocycles. The van der Waals surface area contributed by atoms with Crippen molar-refractivity contribution in [1.29, 1.82) is 0 Å². The summed E-state index contributed by atoms with van der Waals surface area (Å²) >= 11 is 0. The second-order valence-corrected chi connectivity index (χ2v) is 7.54. The zero-order valence-corrected chi connectivity index (χ0v) is 12.2.